The first-order valence-electron chi connectivity index (χ1n) is 7.21. The van der Waals surface area contributed by atoms with Crippen LogP contribution in [0, 0.1) is 5.92 Å². The summed E-state index contributed by atoms with van der Waals surface area (Å²) in [6, 6.07) is 4.25. The Bertz CT molecular complexity index is 390. The molecule has 0 aliphatic carbocycles. The van der Waals surface area contributed by atoms with Crippen molar-refractivity contribution in [1.82, 2.24) is 9.88 Å². The number of aromatic nitrogens is 1. The lowest BCUT2D eigenvalue weighted by Crippen LogP contribution is -2.27. The van der Waals surface area contributed by atoms with E-state index in [9.17, 15) is 0 Å². The third-order valence-electron chi connectivity index (χ3n) is 4.05. The maximum absolute atomic E-state index is 5.99. The van der Waals surface area contributed by atoms with Crippen LogP contribution in [-0.2, 0) is 0 Å². The molecule has 1 fully saturated rings. The first kappa shape index (κ1) is 14.3. The minimum Gasteiger partial charge on any atom is -0.373 e. The second-order valence-electron chi connectivity index (χ2n) is 5.75. The van der Waals surface area contributed by atoms with Gasteiger partial charge in [-0.05, 0) is 44.5 Å². The summed E-state index contributed by atoms with van der Waals surface area (Å²) in [7, 11) is 4.34. The van der Waals surface area contributed by atoms with Crippen molar-refractivity contribution in [2.75, 3.05) is 38.6 Å². The van der Waals surface area contributed by atoms with Crippen LogP contribution in [0.25, 0.3) is 0 Å². The van der Waals surface area contributed by atoms with E-state index in [4.69, 9.17) is 5.73 Å². The molecule has 2 heterocycles. The molecule has 1 aromatic heterocycles. The lowest BCUT2D eigenvalue weighted by molar-refractivity contribution is 0.396. The molecule has 4 nitrogen and oxygen atoms in total. The van der Waals surface area contributed by atoms with Gasteiger partial charge in [-0.3, -0.25) is 4.98 Å². The van der Waals surface area contributed by atoms with Gasteiger partial charge in [-0.15, -0.1) is 0 Å². The summed E-state index contributed by atoms with van der Waals surface area (Å²) in [6.07, 6.45) is 4.17. The molecule has 0 spiro atoms. The fraction of sp³-hybridized carbons (Fsp3) is 0.667. The van der Waals surface area contributed by atoms with E-state index in [-0.39, 0.29) is 6.04 Å². The molecule has 0 amide bonds. The summed E-state index contributed by atoms with van der Waals surface area (Å²) in [4.78, 5) is 9.19. The summed E-state index contributed by atoms with van der Waals surface area (Å²) in [5, 5.41) is 0. The van der Waals surface area contributed by atoms with E-state index >= 15 is 0 Å². The van der Waals surface area contributed by atoms with E-state index in [0.717, 1.165) is 24.6 Å². The molecular formula is C15H26N4. The van der Waals surface area contributed by atoms with Gasteiger partial charge >= 0.3 is 0 Å². The van der Waals surface area contributed by atoms with Crippen molar-refractivity contribution < 1.29 is 0 Å². The molecule has 106 valence electrons. The van der Waals surface area contributed by atoms with E-state index in [1.165, 1.54) is 25.2 Å². The number of likely N-dealkylation sites (tertiary alicyclic amines) is 1. The van der Waals surface area contributed by atoms with Crippen LogP contribution in [-0.4, -0.2) is 43.6 Å². The molecule has 0 radical (unpaired) electrons. The van der Waals surface area contributed by atoms with E-state index in [1.54, 1.807) is 0 Å². The van der Waals surface area contributed by atoms with Crippen LogP contribution in [0.2, 0.25) is 0 Å². The molecule has 2 rings (SSSR count). The SMILES string of the molecule is CC[C@@H](N)c1ccc(N(C)CC2CCN(C)C2)cn1. The first-order valence-corrected chi connectivity index (χ1v) is 7.21. The molecule has 1 aliphatic rings. The highest BCUT2D eigenvalue weighted by molar-refractivity contribution is 5.44. The second kappa shape index (κ2) is 6.35. The Labute approximate surface area is 116 Å². The molecule has 1 unspecified atom stereocenters. The monoisotopic (exact) mass is 262 g/mol. The lowest BCUT2D eigenvalue weighted by Gasteiger charge is -2.23. The van der Waals surface area contributed by atoms with E-state index in [0.29, 0.717) is 0 Å². The Morgan fingerprint density at radius 3 is 2.84 bits per heavy atom. The Balaban J connectivity index is 1.93. The normalized spacial score (nSPS) is 21.6. The van der Waals surface area contributed by atoms with Crippen LogP contribution in [0.5, 0.6) is 0 Å². The summed E-state index contributed by atoms with van der Waals surface area (Å²) in [5.41, 5.74) is 8.15. The fourth-order valence-electron chi connectivity index (χ4n) is 2.72. The van der Waals surface area contributed by atoms with Crippen LogP contribution in [0.4, 0.5) is 5.69 Å². The minimum absolute atomic E-state index is 0.0582. The van der Waals surface area contributed by atoms with Crippen molar-refractivity contribution in [3.63, 3.8) is 0 Å². The van der Waals surface area contributed by atoms with Crippen molar-refractivity contribution in [2.45, 2.75) is 25.8 Å². The molecule has 0 saturated carbocycles. The molecule has 1 aliphatic heterocycles. The lowest BCUT2D eigenvalue weighted by atomic mass is 10.1. The smallest absolute Gasteiger partial charge is 0.0572 e. The van der Waals surface area contributed by atoms with Crippen LogP contribution in [0.3, 0.4) is 0 Å². The highest BCUT2D eigenvalue weighted by Crippen LogP contribution is 2.20. The molecule has 19 heavy (non-hydrogen) atoms. The van der Waals surface area contributed by atoms with Gasteiger partial charge in [-0.2, -0.15) is 0 Å². The van der Waals surface area contributed by atoms with Crippen molar-refractivity contribution >= 4 is 5.69 Å². The Morgan fingerprint density at radius 1 is 1.53 bits per heavy atom. The number of anilines is 1. The van der Waals surface area contributed by atoms with Crippen molar-refractivity contribution in [1.29, 1.82) is 0 Å². The first-order chi connectivity index (χ1) is 9.10. The molecule has 4 heteroatoms. The van der Waals surface area contributed by atoms with Gasteiger partial charge in [-0.25, -0.2) is 0 Å². The minimum atomic E-state index is 0.0582. The van der Waals surface area contributed by atoms with E-state index < -0.39 is 0 Å². The third-order valence-corrected chi connectivity index (χ3v) is 4.05. The Morgan fingerprint density at radius 2 is 2.32 bits per heavy atom. The van der Waals surface area contributed by atoms with Gasteiger partial charge in [-0.1, -0.05) is 6.92 Å². The largest absolute Gasteiger partial charge is 0.373 e. The average Bonchev–Trinajstić information content (AvgIpc) is 2.83. The highest BCUT2D eigenvalue weighted by Gasteiger charge is 2.21. The van der Waals surface area contributed by atoms with Crippen molar-refractivity contribution in [3.8, 4) is 0 Å². The molecule has 0 aromatic carbocycles. The van der Waals surface area contributed by atoms with Gasteiger partial charge in [0.1, 0.15) is 0 Å². The number of rotatable bonds is 5. The maximum Gasteiger partial charge on any atom is 0.0572 e. The average molecular weight is 262 g/mol. The molecule has 2 atom stereocenters. The predicted molar refractivity (Wildman–Crippen MR) is 80.3 cm³/mol. The van der Waals surface area contributed by atoms with Crippen LogP contribution in [0.15, 0.2) is 18.3 Å². The standard InChI is InChI=1S/C15H26N4/c1-4-14(16)15-6-5-13(9-17-15)19(3)11-12-7-8-18(2)10-12/h5-6,9,12,14H,4,7-8,10-11,16H2,1-3H3/t12?,14-/m1/s1. The van der Waals surface area contributed by atoms with E-state index in [2.05, 4.69) is 47.9 Å². The zero-order valence-corrected chi connectivity index (χ0v) is 12.3. The zero-order chi connectivity index (χ0) is 13.8. The number of pyridine rings is 1. The van der Waals surface area contributed by atoms with E-state index in [1.807, 2.05) is 6.20 Å². The van der Waals surface area contributed by atoms with Crippen molar-refractivity contribution in [3.05, 3.63) is 24.0 Å². The van der Waals surface area contributed by atoms with Gasteiger partial charge < -0.3 is 15.5 Å². The summed E-state index contributed by atoms with van der Waals surface area (Å²) in [5.74, 6) is 0.771. The van der Waals surface area contributed by atoms with Crippen molar-refractivity contribution in [2.24, 2.45) is 11.7 Å². The second-order valence-corrected chi connectivity index (χ2v) is 5.75. The summed E-state index contributed by atoms with van der Waals surface area (Å²) < 4.78 is 0. The highest BCUT2D eigenvalue weighted by atomic mass is 15.2. The molecule has 1 saturated heterocycles. The van der Waals surface area contributed by atoms with Gasteiger partial charge in [0.2, 0.25) is 0 Å². The topological polar surface area (TPSA) is 45.4 Å². The number of hydrogen-bond donors (Lipinski definition) is 1. The quantitative estimate of drug-likeness (QED) is 0.880. The zero-order valence-electron chi connectivity index (χ0n) is 12.3. The fourth-order valence-corrected chi connectivity index (χ4v) is 2.72. The number of nitrogens with two attached hydrogens (primary N) is 1. The van der Waals surface area contributed by atoms with Gasteiger partial charge in [0.25, 0.3) is 0 Å². The summed E-state index contributed by atoms with van der Waals surface area (Å²) in [6.45, 7) is 5.62. The molecule has 1 aromatic rings. The maximum atomic E-state index is 5.99. The Hall–Kier alpha value is -1.13. The number of nitrogens with zero attached hydrogens (tertiary/aromatic N) is 3. The van der Waals surface area contributed by atoms with Gasteiger partial charge in [0.15, 0.2) is 0 Å². The molecular weight excluding hydrogens is 236 g/mol. The molecule has 0 bridgehead atoms. The van der Waals surface area contributed by atoms with Crippen LogP contribution < -0.4 is 10.6 Å². The Kier molecular flexibility index (Phi) is 4.77. The third kappa shape index (κ3) is 3.67. The van der Waals surface area contributed by atoms with Gasteiger partial charge in [0, 0.05) is 26.2 Å². The summed E-state index contributed by atoms with van der Waals surface area (Å²) >= 11 is 0. The van der Waals surface area contributed by atoms with Crippen LogP contribution >= 0.6 is 0 Å². The van der Waals surface area contributed by atoms with Crippen LogP contribution in [0.1, 0.15) is 31.5 Å². The predicted octanol–water partition coefficient (Wildman–Crippen LogP) is 1.88. The molecule has 2 N–H and O–H groups in total. The number of hydrogen-bond acceptors (Lipinski definition) is 4. The van der Waals surface area contributed by atoms with Gasteiger partial charge in [0.05, 0.1) is 17.6 Å².